The highest BCUT2D eigenvalue weighted by Gasteiger charge is 2.16. The van der Waals surface area contributed by atoms with Crippen LogP contribution in [0, 0.1) is 5.82 Å². The molecule has 1 N–H and O–H groups in total. The maximum Gasteiger partial charge on any atom is 0.131 e. The van der Waals surface area contributed by atoms with Crippen LogP contribution in [-0.2, 0) is 12.0 Å². The Balaban J connectivity index is 2.42. The van der Waals surface area contributed by atoms with Gasteiger partial charge in [-0.3, -0.25) is 4.68 Å². The molecule has 2 aromatic rings. The minimum atomic E-state index is -0.253. The second-order valence-corrected chi connectivity index (χ2v) is 5.66. The molecule has 1 heterocycles. The summed E-state index contributed by atoms with van der Waals surface area (Å²) in [6.45, 7) is 6.73. The normalized spacial score (nSPS) is 11.8. The van der Waals surface area contributed by atoms with Gasteiger partial charge >= 0.3 is 0 Å². The molecule has 0 fully saturated rings. The Morgan fingerprint density at radius 1 is 1.32 bits per heavy atom. The Labute approximate surface area is 112 Å². The van der Waals surface area contributed by atoms with Crippen LogP contribution in [0.15, 0.2) is 30.6 Å². The number of aliphatic hydroxyl groups excluding tert-OH is 1. The number of rotatable bonds is 3. The third-order valence-corrected chi connectivity index (χ3v) is 3.11. The molecule has 4 heteroatoms. The molecule has 0 aliphatic carbocycles. The van der Waals surface area contributed by atoms with Gasteiger partial charge in [-0.25, -0.2) is 4.39 Å². The average Bonchev–Trinajstić information content (AvgIpc) is 2.77. The standard InChI is InChI=1S/C15H19FN2O/c1-15(2,3)12-4-5-14(16)13(8-12)11-9-17-18(10-11)6-7-19/h4-5,8-10,19H,6-7H2,1-3H3. The van der Waals surface area contributed by atoms with Crippen molar-refractivity contribution in [3.63, 3.8) is 0 Å². The molecule has 0 bridgehead atoms. The van der Waals surface area contributed by atoms with E-state index in [1.54, 1.807) is 17.1 Å². The molecule has 102 valence electrons. The number of hydrogen-bond acceptors (Lipinski definition) is 2. The van der Waals surface area contributed by atoms with Crippen molar-refractivity contribution in [1.29, 1.82) is 0 Å². The molecule has 0 saturated heterocycles. The molecule has 0 radical (unpaired) electrons. The molecular weight excluding hydrogens is 243 g/mol. The zero-order valence-electron chi connectivity index (χ0n) is 11.5. The lowest BCUT2D eigenvalue weighted by atomic mass is 9.85. The number of aliphatic hydroxyl groups is 1. The van der Waals surface area contributed by atoms with Crippen molar-refractivity contribution in [2.45, 2.75) is 32.7 Å². The van der Waals surface area contributed by atoms with Gasteiger partial charge in [-0.2, -0.15) is 5.10 Å². The Morgan fingerprint density at radius 2 is 2.05 bits per heavy atom. The predicted molar refractivity (Wildman–Crippen MR) is 73.4 cm³/mol. The minimum Gasteiger partial charge on any atom is -0.394 e. The summed E-state index contributed by atoms with van der Waals surface area (Å²) in [7, 11) is 0. The van der Waals surface area contributed by atoms with Crippen LogP contribution in [0.2, 0.25) is 0 Å². The maximum atomic E-state index is 14.0. The first-order valence-corrected chi connectivity index (χ1v) is 6.35. The first kappa shape index (κ1) is 13.7. The maximum absolute atomic E-state index is 14.0. The summed E-state index contributed by atoms with van der Waals surface area (Å²) in [6, 6.07) is 5.19. The van der Waals surface area contributed by atoms with E-state index in [0.29, 0.717) is 12.1 Å². The highest BCUT2D eigenvalue weighted by atomic mass is 19.1. The van der Waals surface area contributed by atoms with Crippen molar-refractivity contribution in [1.82, 2.24) is 9.78 Å². The molecule has 1 aromatic carbocycles. The van der Waals surface area contributed by atoms with Crippen molar-refractivity contribution in [2.75, 3.05) is 6.61 Å². The van der Waals surface area contributed by atoms with Gasteiger partial charge in [-0.1, -0.05) is 26.8 Å². The lowest BCUT2D eigenvalue weighted by molar-refractivity contribution is 0.269. The van der Waals surface area contributed by atoms with Crippen molar-refractivity contribution < 1.29 is 9.50 Å². The van der Waals surface area contributed by atoms with E-state index in [1.807, 2.05) is 12.1 Å². The molecule has 0 atom stereocenters. The van der Waals surface area contributed by atoms with Gasteiger partial charge in [0.1, 0.15) is 5.82 Å². The van der Waals surface area contributed by atoms with E-state index >= 15 is 0 Å². The van der Waals surface area contributed by atoms with Crippen LogP contribution in [0.25, 0.3) is 11.1 Å². The lowest BCUT2D eigenvalue weighted by Crippen LogP contribution is -2.11. The third-order valence-electron chi connectivity index (χ3n) is 3.11. The first-order valence-electron chi connectivity index (χ1n) is 6.35. The van der Waals surface area contributed by atoms with Gasteiger partial charge in [0, 0.05) is 17.3 Å². The number of benzene rings is 1. The fourth-order valence-electron chi connectivity index (χ4n) is 1.94. The van der Waals surface area contributed by atoms with E-state index in [9.17, 15) is 4.39 Å². The number of hydrogen-bond donors (Lipinski definition) is 1. The van der Waals surface area contributed by atoms with E-state index in [2.05, 4.69) is 25.9 Å². The Bertz CT molecular complexity index is 570. The van der Waals surface area contributed by atoms with Crippen molar-refractivity contribution in [2.24, 2.45) is 0 Å². The summed E-state index contributed by atoms with van der Waals surface area (Å²) in [4.78, 5) is 0. The van der Waals surface area contributed by atoms with Gasteiger partial charge in [-0.05, 0) is 23.1 Å². The van der Waals surface area contributed by atoms with Crippen LogP contribution in [0.3, 0.4) is 0 Å². The highest BCUT2D eigenvalue weighted by molar-refractivity contribution is 5.63. The second-order valence-electron chi connectivity index (χ2n) is 5.66. The van der Waals surface area contributed by atoms with Gasteiger partial charge in [0.15, 0.2) is 0 Å². The summed E-state index contributed by atoms with van der Waals surface area (Å²) in [5.74, 6) is -0.253. The van der Waals surface area contributed by atoms with Gasteiger partial charge in [0.25, 0.3) is 0 Å². The van der Waals surface area contributed by atoms with Crippen molar-refractivity contribution >= 4 is 0 Å². The molecule has 1 aromatic heterocycles. The predicted octanol–water partition coefficient (Wildman–Crippen LogP) is 2.98. The van der Waals surface area contributed by atoms with Gasteiger partial charge in [-0.15, -0.1) is 0 Å². The van der Waals surface area contributed by atoms with Crippen LogP contribution in [-0.4, -0.2) is 21.5 Å². The summed E-state index contributed by atoms with van der Waals surface area (Å²) in [5, 5.41) is 13.0. The first-order chi connectivity index (χ1) is 8.91. The molecule has 0 saturated carbocycles. The van der Waals surface area contributed by atoms with Crippen LogP contribution < -0.4 is 0 Å². The van der Waals surface area contributed by atoms with Gasteiger partial charge < -0.3 is 5.11 Å². The zero-order chi connectivity index (χ0) is 14.0. The SMILES string of the molecule is CC(C)(C)c1ccc(F)c(-c2cnn(CCO)c2)c1. The highest BCUT2D eigenvalue weighted by Crippen LogP contribution is 2.29. The second kappa shape index (κ2) is 5.13. The lowest BCUT2D eigenvalue weighted by Gasteiger charge is -2.19. The van der Waals surface area contributed by atoms with E-state index in [0.717, 1.165) is 11.1 Å². The summed E-state index contributed by atoms with van der Waals surface area (Å²) in [6.07, 6.45) is 3.38. The van der Waals surface area contributed by atoms with Crippen molar-refractivity contribution in [3.8, 4) is 11.1 Å². The molecule has 0 aliphatic heterocycles. The average molecular weight is 262 g/mol. The molecule has 0 aliphatic rings. The fourth-order valence-corrected chi connectivity index (χ4v) is 1.94. The molecular formula is C15H19FN2O. The molecule has 19 heavy (non-hydrogen) atoms. The molecule has 0 spiro atoms. The van der Waals surface area contributed by atoms with Gasteiger partial charge in [0.2, 0.25) is 0 Å². The summed E-state index contributed by atoms with van der Waals surface area (Å²) >= 11 is 0. The number of halogens is 1. The molecule has 0 amide bonds. The largest absolute Gasteiger partial charge is 0.394 e. The zero-order valence-corrected chi connectivity index (χ0v) is 11.5. The summed E-state index contributed by atoms with van der Waals surface area (Å²) < 4.78 is 15.6. The van der Waals surface area contributed by atoms with Crippen LogP contribution in [0.4, 0.5) is 4.39 Å². The van der Waals surface area contributed by atoms with Crippen LogP contribution in [0.1, 0.15) is 26.3 Å². The number of nitrogens with zero attached hydrogens (tertiary/aromatic N) is 2. The van der Waals surface area contributed by atoms with E-state index in [4.69, 9.17) is 5.11 Å². The molecule has 2 rings (SSSR count). The van der Waals surface area contributed by atoms with Gasteiger partial charge in [0.05, 0.1) is 19.3 Å². The number of aromatic nitrogens is 2. The smallest absolute Gasteiger partial charge is 0.131 e. The Kier molecular flexibility index (Phi) is 3.71. The van der Waals surface area contributed by atoms with E-state index in [1.165, 1.54) is 6.07 Å². The Hall–Kier alpha value is -1.68. The molecule has 0 unspecified atom stereocenters. The van der Waals surface area contributed by atoms with Crippen LogP contribution >= 0.6 is 0 Å². The van der Waals surface area contributed by atoms with E-state index in [-0.39, 0.29) is 17.8 Å². The topological polar surface area (TPSA) is 38.0 Å². The monoisotopic (exact) mass is 262 g/mol. The fraction of sp³-hybridized carbons (Fsp3) is 0.400. The minimum absolute atomic E-state index is 0.0195. The van der Waals surface area contributed by atoms with Crippen LogP contribution in [0.5, 0.6) is 0 Å². The quantitative estimate of drug-likeness (QED) is 0.923. The van der Waals surface area contributed by atoms with E-state index < -0.39 is 0 Å². The molecule has 3 nitrogen and oxygen atoms in total. The summed E-state index contributed by atoms with van der Waals surface area (Å²) in [5.41, 5.74) is 2.34. The van der Waals surface area contributed by atoms with Crippen molar-refractivity contribution in [3.05, 3.63) is 42.0 Å². The Morgan fingerprint density at radius 3 is 2.68 bits per heavy atom. The third kappa shape index (κ3) is 3.01.